The van der Waals surface area contributed by atoms with Crippen molar-refractivity contribution in [3.05, 3.63) is 124 Å². The van der Waals surface area contributed by atoms with E-state index in [4.69, 9.17) is 27.9 Å². The summed E-state index contributed by atoms with van der Waals surface area (Å²) < 4.78 is 8.01. The van der Waals surface area contributed by atoms with Crippen LogP contribution in [0.4, 0.5) is 0 Å². The lowest BCUT2D eigenvalue weighted by Crippen LogP contribution is -2.31. The van der Waals surface area contributed by atoms with Gasteiger partial charge in [0.2, 0.25) is 0 Å². The van der Waals surface area contributed by atoms with Crippen LogP contribution in [0.25, 0.3) is 11.3 Å². The number of rotatable bonds is 9. The van der Waals surface area contributed by atoms with Crippen LogP contribution in [-0.2, 0) is 13.2 Å². The molecule has 196 valence electrons. The standard InChI is InChI=1S/C30H25Cl2N5O2/c31-23-10-6-20(7-11-23)27-26-28(35-34-27)30(38)37(16-3-15-36-17-14-33-19-36)29(26)21-8-12-24(13-9-21)39-18-22-4-1-2-5-25(22)32/h1-2,4-14,17,19,29H,3,15-16,18H2,(H,34,35). The van der Waals surface area contributed by atoms with E-state index in [1.165, 1.54) is 0 Å². The number of hydrogen-bond donors (Lipinski definition) is 1. The first-order chi connectivity index (χ1) is 19.1. The Morgan fingerprint density at radius 2 is 1.74 bits per heavy atom. The fourth-order valence-corrected chi connectivity index (χ4v) is 5.28. The molecule has 1 aliphatic rings. The zero-order valence-corrected chi connectivity index (χ0v) is 22.4. The maximum absolute atomic E-state index is 13.6. The summed E-state index contributed by atoms with van der Waals surface area (Å²) in [6, 6.07) is 22.7. The molecule has 1 amide bonds. The number of benzene rings is 3. The summed E-state index contributed by atoms with van der Waals surface area (Å²) in [4.78, 5) is 19.6. The Labute approximate surface area is 236 Å². The van der Waals surface area contributed by atoms with E-state index in [0.717, 1.165) is 46.7 Å². The number of nitrogens with zero attached hydrogens (tertiary/aromatic N) is 4. The number of hydrogen-bond acceptors (Lipinski definition) is 4. The maximum atomic E-state index is 13.6. The number of fused-ring (bicyclic) bond motifs is 1. The molecule has 0 spiro atoms. The number of halogens is 2. The molecule has 1 aliphatic heterocycles. The second kappa shape index (κ2) is 11.0. The normalized spacial score (nSPS) is 14.6. The van der Waals surface area contributed by atoms with Gasteiger partial charge in [-0.05, 0) is 42.3 Å². The number of ether oxygens (including phenoxy) is 1. The van der Waals surface area contributed by atoms with E-state index in [9.17, 15) is 4.79 Å². The van der Waals surface area contributed by atoms with Crippen LogP contribution in [0, 0.1) is 0 Å². The minimum absolute atomic E-state index is 0.0626. The highest BCUT2D eigenvalue weighted by Gasteiger charge is 2.41. The molecule has 0 saturated heterocycles. The highest BCUT2D eigenvalue weighted by atomic mass is 35.5. The highest BCUT2D eigenvalue weighted by molar-refractivity contribution is 6.31. The molecule has 1 unspecified atom stereocenters. The zero-order valence-electron chi connectivity index (χ0n) is 20.9. The van der Waals surface area contributed by atoms with Crippen LogP contribution in [0.2, 0.25) is 10.0 Å². The molecular formula is C30H25Cl2N5O2. The molecular weight excluding hydrogens is 533 g/mol. The summed E-state index contributed by atoms with van der Waals surface area (Å²) in [6.45, 7) is 1.71. The third-order valence-electron chi connectivity index (χ3n) is 6.90. The third-order valence-corrected chi connectivity index (χ3v) is 7.52. The Kier molecular flexibility index (Phi) is 7.09. The van der Waals surface area contributed by atoms with Crippen LogP contribution in [0.3, 0.4) is 0 Å². The van der Waals surface area contributed by atoms with Gasteiger partial charge >= 0.3 is 0 Å². The van der Waals surface area contributed by atoms with Crippen molar-refractivity contribution in [3.63, 3.8) is 0 Å². The third kappa shape index (κ3) is 5.15. The van der Waals surface area contributed by atoms with Crippen LogP contribution in [-0.4, -0.2) is 37.1 Å². The van der Waals surface area contributed by atoms with Gasteiger partial charge in [-0.3, -0.25) is 9.89 Å². The van der Waals surface area contributed by atoms with E-state index < -0.39 is 0 Å². The smallest absolute Gasteiger partial charge is 0.273 e. The van der Waals surface area contributed by atoms with Crippen molar-refractivity contribution in [3.8, 4) is 17.0 Å². The number of nitrogens with one attached hydrogen (secondary N) is 1. The lowest BCUT2D eigenvalue weighted by atomic mass is 9.96. The molecule has 6 rings (SSSR count). The van der Waals surface area contributed by atoms with Gasteiger partial charge in [0.25, 0.3) is 5.91 Å². The monoisotopic (exact) mass is 557 g/mol. The molecule has 7 nitrogen and oxygen atoms in total. The topological polar surface area (TPSA) is 76.0 Å². The Balaban J connectivity index is 1.29. The molecule has 0 saturated carbocycles. The second-order valence-electron chi connectivity index (χ2n) is 9.37. The molecule has 5 aromatic rings. The van der Waals surface area contributed by atoms with Gasteiger partial charge in [-0.2, -0.15) is 5.10 Å². The van der Waals surface area contributed by atoms with Crippen molar-refractivity contribution in [2.24, 2.45) is 0 Å². The number of carbonyl (C=O) groups excluding carboxylic acids is 1. The first-order valence-corrected chi connectivity index (χ1v) is 13.4. The van der Waals surface area contributed by atoms with Gasteiger partial charge in [0.05, 0.1) is 18.1 Å². The number of imidazole rings is 1. The zero-order chi connectivity index (χ0) is 26.8. The molecule has 1 atom stereocenters. The Morgan fingerprint density at radius 1 is 0.949 bits per heavy atom. The summed E-state index contributed by atoms with van der Waals surface area (Å²) in [6.07, 6.45) is 6.26. The molecule has 0 fully saturated rings. The van der Waals surface area contributed by atoms with E-state index in [1.807, 2.05) is 88.5 Å². The highest BCUT2D eigenvalue weighted by Crippen LogP contribution is 2.43. The van der Waals surface area contributed by atoms with E-state index >= 15 is 0 Å². The largest absolute Gasteiger partial charge is 0.489 e. The quantitative estimate of drug-likeness (QED) is 0.216. The Hall–Kier alpha value is -4.07. The van der Waals surface area contributed by atoms with Crippen LogP contribution in [0.1, 0.15) is 39.6 Å². The lowest BCUT2D eigenvalue weighted by Gasteiger charge is -2.26. The molecule has 0 aliphatic carbocycles. The van der Waals surface area contributed by atoms with Crippen molar-refractivity contribution in [2.45, 2.75) is 25.6 Å². The first-order valence-electron chi connectivity index (χ1n) is 12.7. The molecule has 0 bridgehead atoms. The van der Waals surface area contributed by atoms with Crippen molar-refractivity contribution in [1.82, 2.24) is 24.6 Å². The van der Waals surface area contributed by atoms with Gasteiger partial charge in [0, 0.05) is 52.2 Å². The van der Waals surface area contributed by atoms with Crippen LogP contribution in [0.15, 0.2) is 91.5 Å². The van der Waals surface area contributed by atoms with E-state index in [2.05, 4.69) is 15.2 Å². The van der Waals surface area contributed by atoms with E-state index in [0.29, 0.717) is 28.9 Å². The average Bonchev–Trinajstić information content (AvgIpc) is 3.68. The molecule has 9 heteroatoms. The molecule has 0 radical (unpaired) electrons. The van der Waals surface area contributed by atoms with Crippen LogP contribution in [0.5, 0.6) is 5.75 Å². The maximum Gasteiger partial charge on any atom is 0.273 e. The van der Waals surface area contributed by atoms with Gasteiger partial charge in [0.1, 0.15) is 18.1 Å². The average molecular weight is 558 g/mol. The number of aryl methyl sites for hydroxylation is 1. The summed E-state index contributed by atoms with van der Waals surface area (Å²) in [5, 5.41) is 8.87. The van der Waals surface area contributed by atoms with E-state index in [1.54, 1.807) is 12.5 Å². The number of H-pyrrole nitrogens is 1. The lowest BCUT2D eigenvalue weighted by molar-refractivity contribution is 0.0739. The van der Waals surface area contributed by atoms with Gasteiger partial charge in [-0.25, -0.2) is 4.98 Å². The first kappa shape index (κ1) is 25.2. The summed E-state index contributed by atoms with van der Waals surface area (Å²) >= 11 is 12.4. The predicted octanol–water partition coefficient (Wildman–Crippen LogP) is 6.79. The van der Waals surface area contributed by atoms with Gasteiger partial charge in [-0.1, -0.05) is 65.7 Å². The van der Waals surface area contributed by atoms with Gasteiger partial charge in [0.15, 0.2) is 0 Å². The minimum Gasteiger partial charge on any atom is -0.489 e. The molecule has 1 N–H and O–H groups in total. The minimum atomic E-state index is -0.294. The van der Waals surface area contributed by atoms with Gasteiger partial charge < -0.3 is 14.2 Å². The number of carbonyl (C=O) groups is 1. The summed E-state index contributed by atoms with van der Waals surface area (Å²) in [5.74, 6) is 0.660. The van der Waals surface area contributed by atoms with Crippen molar-refractivity contribution < 1.29 is 9.53 Å². The number of aromatic nitrogens is 4. The Morgan fingerprint density at radius 3 is 2.49 bits per heavy atom. The summed E-state index contributed by atoms with van der Waals surface area (Å²) in [7, 11) is 0. The number of aromatic amines is 1. The van der Waals surface area contributed by atoms with E-state index in [-0.39, 0.29) is 11.9 Å². The molecule has 2 aromatic heterocycles. The fourth-order valence-electron chi connectivity index (χ4n) is 4.97. The Bertz CT molecular complexity index is 1580. The SMILES string of the molecule is O=C1c2[nH]nc(-c3ccc(Cl)cc3)c2C(c2ccc(OCc3ccccc3Cl)cc2)N1CCCn1ccnc1. The van der Waals surface area contributed by atoms with Crippen molar-refractivity contribution in [1.29, 1.82) is 0 Å². The van der Waals surface area contributed by atoms with Crippen molar-refractivity contribution in [2.75, 3.05) is 6.54 Å². The fraction of sp³-hybridized carbons (Fsp3) is 0.167. The van der Waals surface area contributed by atoms with Gasteiger partial charge in [-0.15, -0.1) is 0 Å². The second-order valence-corrected chi connectivity index (χ2v) is 10.2. The predicted molar refractivity (Wildman–Crippen MR) is 151 cm³/mol. The number of amides is 1. The summed E-state index contributed by atoms with van der Waals surface area (Å²) in [5.41, 5.74) is 4.93. The molecule has 3 aromatic carbocycles. The van der Waals surface area contributed by atoms with Crippen LogP contribution >= 0.6 is 23.2 Å². The molecule has 39 heavy (non-hydrogen) atoms. The molecule has 3 heterocycles. The van der Waals surface area contributed by atoms with Crippen molar-refractivity contribution >= 4 is 29.1 Å². The van der Waals surface area contributed by atoms with Crippen LogP contribution < -0.4 is 4.74 Å².